The fourth-order valence-corrected chi connectivity index (χ4v) is 2.87. The number of anilines is 3. The highest BCUT2D eigenvalue weighted by Crippen LogP contribution is 2.31. The zero-order valence-electron chi connectivity index (χ0n) is 17.3. The number of rotatable bonds is 9. The summed E-state index contributed by atoms with van der Waals surface area (Å²) in [6.07, 6.45) is 2.65. The van der Waals surface area contributed by atoms with Gasteiger partial charge in [0.25, 0.3) is 0 Å². The Labute approximate surface area is 176 Å². The topological polar surface area (TPSA) is 96.5 Å². The normalized spacial score (nSPS) is 12.7. The van der Waals surface area contributed by atoms with E-state index in [1.165, 1.54) is 0 Å². The fourth-order valence-electron chi connectivity index (χ4n) is 2.87. The van der Waals surface area contributed by atoms with Crippen molar-refractivity contribution in [3.05, 3.63) is 53.6 Å². The Kier molecular flexibility index (Phi) is 7.06. The van der Waals surface area contributed by atoms with Crippen molar-refractivity contribution >= 4 is 34.8 Å². The molecule has 0 aromatic heterocycles. The molecule has 0 unspecified atom stereocenters. The molecule has 2 amide bonds. The molecule has 0 heterocycles. The Hall–Kier alpha value is -3.35. The van der Waals surface area contributed by atoms with E-state index in [0.29, 0.717) is 23.5 Å². The van der Waals surface area contributed by atoms with Gasteiger partial charge in [0.15, 0.2) is 0 Å². The average molecular weight is 409 g/mol. The smallest absolute Gasteiger partial charge is 0.338 e. The third-order valence-electron chi connectivity index (χ3n) is 4.82. The molecule has 7 nitrogen and oxygen atoms in total. The van der Waals surface area contributed by atoms with Crippen LogP contribution < -0.4 is 16.0 Å². The SMILES string of the molecule is CCCOC(=O)c1ccc(NCC(=O)Nc2cccc(NC(=O)C3CC3)c2C)cc1. The molecule has 1 aliphatic carbocycles. The van der Waals surface area contributed by atoms with Crippen molar-refractivity contribution in [3.63, 3.8) is 0 Å². The van der Waals surface area contributed by atoms with Crippen LogP contribution in [0.25, 0.3) is 0 Å². The first kappa shape index (κ1) is 21.4. The molecule has 158 valence electrons. The summed E-state index contributed by atoms with van der Waals surface area (Å²) in [6.45, 7) is 4.26. The van der Waals surface area contributed by atoms with E-state index >= 15 is 0 Å². The Morgan fingerprint density at radius 2 is 1.67 bits per heavy atom. The molecule has 1 fully saturated rings. The van der Waals surface area contributed by atoms with Gasteiger partial charge in [-0.05, 0) is 68.1 Å². The molecule has 1 aliphatic rings. The minimum Gasteiger partial charge on any atom is -0.462 e. The number of carbonyl (C=O) groups excluding carboxylic acids is 3. The largest absolute Gasteiger partial charge is 0.462 e. The van der Waals surface area contributed by atoms with Crippen LogP contribution in [0.3, 0.4) is 0 Å². The third kappa shape index (κ3) is 5.83. The van der Waals surface area contributed by atoms with Crippen molar-refractivity contribution in [2.24, 2.45) is 5.92 Å². The molecule has 30 heavy (non-hydrogen) atoms. The first-order valence-corrected chi connectivity index (χ1v) is 10.2. The number of hydrogen-bond donors (Lipinski definition) is 3. The van der Waals surface area contributed by atoms with Gasteiger partial charge in [0.1, 0.15) is 0 Å². The number of amides is 2. The lowest BCUT2D eigenvalue weighted by Crippen LogP contribution is -2.22. The van der Waals surface area contributed by atoms with Crippen LogP contribution in [0.5, 0.6) is 0 Å². The number of esters is 1. The lowest BCUT2D eigenvalue weighted by molar-refractivity contribution is -0.117. The predicted octanol–water partition coefficient (Wildman–Crippen LogP) is 3.96. The average Bonchev–Trinajstić information content (AvgIpc) is 3.59. The van der Waals surface area contributed by atoms with Gasteiger partial charge in [-0.25, -0.2) is 4.79 Å². The second kappa shape index (κ2) is 9.91. The van der Waals surface area contributed by atoms with Gasteiger partial charge in [-0.1, -0.05) is 13.0 Å². The van der Waals surface area contributed by atoms with Crippen LogP contribution in [0.2, 0.25) is 0 Å². The molecule has 0 aliphatic heterocycles. The van der Waals surface area contributed by atoms with Gasteiger partial charge >= 0.3 is 5.97 Å². The highest BCUT2D eigenvalue weighted by atomic mass is 16.5. The maximum Gasteiger partial charge on any atom is 0.338 e. The number of benzene rings is 2. The second-order valence-electron chi connectivity index (χ2n) is 7.36. The number of ether oxygens (including phenoxy) is 1. The van der Waals surface area contributed by atoms with Gasteiger partial charge in [0.2, 0.25) is 11.8 Å². The van der Waals surface area contributed by atoms with Crippen molar-refractivity contribution in [1.82, 2.24) is 0 Å². The number of nitrogens with one attached hydrogen (secondary N) is 3. The van der Waals surface area contributed by atoms with Crippen LogP contribution >= 0.6 is 0 Å². The van der Waals surface area contributed by atoms with Crippen LogP contribution in [-0.4, -0.2) is 30.9 Å². The van der Waals surface area contributed by atoms with Gasteiger partial charge in [-0.15, -0.1) is 0 Å². The van der Waals surface area contributed by atoms with E-state index in [-0.39, 0.29) is 30.2 Å². The molecular weight excluding hydrogens is 382 g/mol. The Bertz CT molecular complexity index is 921. The lowest BCUT2D eigenvalue weighted by atomic mass is 10.1. The van der Waals surface area contributed by atoms with E-state index in [0.717, 1.165) is 30.5 Å². The standard InChI is InChI=1S/C23H27N3O4/c1-3-13-30-23(29)17-9-11-18(12-10-17)24-14-21(27)25-19-5-4-6-20(15(19)2)26-22(28)16-7-8-16/h4-6,9-12,16,24H,3,7-8,13-14H2,1-2H3,(H,25,27)(H,26,28). The fraction of sp³-hybridized carbons (Fsp3) is 0.348. The summed E-state index contributed by atoms with van der Waals surface area (Å²) in [4.78, 5) is 36.2. The quantitative estimate of drug-likeness (QED) is 0.545. The van der Waals surface area contributed by atoms with Crippen molar-refractivity contribution in [1.29, 1.82) is 0 Å². The maximum atomic E-state index is 12.3. The molecule has 3 rings (SSSR count). The van der Waals surface area contributed by atoms with Crippen molar-refractivity contribution < 1.29 is 19.1 Å². The molecule has 0 spiro atoms. The summed E-state index contributed by atoms with van der Waals surface area (Å²) < 4.78 is 5.09. The molecule has 0 atom stereocenters. The summed E-state index contributed by atoms with van der Waals surface area (Å²) in [7, 11) is 0. The Balaban J connectivity index is 1.52. The molecule has 7 heteroatoms. The number of hydrogen-bond acceptors (Lipinski definition) is 5. The van der Waals surface area contributed by atoms with E-state index in [9.17, 15) is 14.4 Å². The Morgan fingerprint density at radius 3 is 2.30 bits per heavy atom. The summed E-state index contributed by atoms with van der Waals surface area (Å²) in [5.74, 6) is -0.419. The van der Waals surface area contributed by atoms with E-state index < -0.39 is 0 Å². The highest BCUT2D eigenvalue weighted by Gasteiger charge is 2.29. The van der Waals surface area contributed by atoms with Crippen LogP contribution in [0, 0.1) is 12.8 Å². The van der Waals surface area contributed by atoms with Crippen LogP contribution in [0.15, 0.2) is 42.5 Å². The first-order valence-electron chi connectivity index (χ1n) is 10.2. The van der Waals surface area contributed by atoms with Gasteiger partial charge in [-0.3, -0.25) is 9.59 Å². The highest BCUT2D eigenvalue weighted by molar-refractivity contribution is 5.98. The molecule has 3 N–H and O–H groups in total. The van der Waals surface area contributed by atoms with E-state index in [1.54, 1.807) is 36.4 Å². The first-order chi connectivity index (χ1) is 14.5. The van der Waals surface area contributed by atoms with Crippen molar-refractivity contribution in [2.75, 3.05) is 29.1 Å². The minimum atomic E-state index is -0.356. The van der Waals surface area contributed by atoms with Crippen LogP contribution in [-0.2, 0) is 14.3 Å². The summed E-state index contributed by atoms with van der Waals surface area (Å²) in [6, 6.07) is 12.2. The van der Waals surface area contributed by atoms with Crippen LogP contribution in [0.1, 0.15) is 42.1 Å². The van der Waals surface area contributed by atoms with Crippen molar-refractivity contribution in [3.8, 4) is 0 Å². The zero-order valence-corrected chi connectivity index (χ0v) is 17.3. The van der Waals surface area contributed by atoms with Crippen molar-refractivity contribution in [2.45, 2.75) is 33.1 Å². The van der Waals surface area contributed by atoms with E-state index in [4.69, 9.17) is 4.74 Å². The third-order valence-corrected chi connectivity index (χ3v) is 4.82. The zero-order chi connectivity index (χ0) is 21.5. The van der Waals surface area contributed by atoms with Gasteiger partial charge in [-0.2, -0.15) is 0 Å². The van der Waals surface area contributed by atoms with Gasteiger partial charge in [0.05, 0.1) is 18.7 Å². The molecular formula is C23H27N3O4. The maximum absolute atomic E-state index is 12.3. The monoisotopic (exact) mass is 409 g/mol. The number of carbonyl (C=O) groups is 3. The minimum absolute atomic E-state index is 0.0327. The predicted molar refractivity (Wildman–Crippen MR) is 117 cm³/mol. The molecule has 2 aromatic rings. The Morgan fingerprint density at radius 1 is 1.00 bits per heavy atom. The molecule has 0 bridgehead atoms. The molecule has 0 saturated heterocycles. The van der Waals surface area contributed by atoms with E-state index in [2.05, 4.69) is 16.0 Å². The lowest BCUT2D eigenvalue weighted by Gasteiger charge is -2.14. The summed E-state index contributed by atoms with van der Waals surface area (Å²) in [5, 5.41) is 8.82. The van der Waals surface area contributed by atoms with Gasteiger partial charge in [0, 0.05) is 23.0 Å². The van der Waals surface area contributed by atoms with Gasteiger partial charge < -0.3 is 20.7 Å². The van der Waals surface area contributed by atoms with Crippen LogP contribution in [0.4, 0.5) is 17.1 Å². The summed E-state index contributed by atoms with van der Waals surface area (Å²) in [5.41, 5.74) is 3.38. The molecule has 0 radical (unpaired) electrons. The second-order valence-corrected chi connectivity index (χ2v) is 7.36. The molecule has 1 saturated carbocycles. The van der Waals surface area contributed by atoms with E-state index in [1.807, 2.05) is 19.9 Å². The summed E-state index contributed by atoms with van der Waals surface area (Å²) >= 11 is 0. The molecule has 2 aromatic carbocycles.